The lowest BCUT2D eigenvalue weighted by atomic mass is 10.1. The zero-order valence-corrected chi connectivity index (χ0v) is 19.2. The molecule has 1 heterocycles. The van der Waals surface area contributed by atoms with Crippen LogP contribution in [0.25, 0.3) is 11.4 Å². The molecule has 0 N–H and O–H groups in total. The Kier molecular flexibility index (Phi) is 12.1. The SMILES string of the molecule is CCCCCCCCCCc1cnc(-c2ccc(OCC(F)CC(F)CC)cc2)nc1. The molecule has 1 aromatic carbocycles. The lowest BCUT2D eigenvalue weighted by Gasteiger charge is -2.12. The second-order valence-electron chi connectivity index (χ2n) is 8.31. The van der Waals surface area contributed by atoms with E-state index in [9.17, 15) is 8.78 Å². The third kappa shape index (κ3) is 10.2. The molecule has 0 aliphatic rings. The maximum absolute atomic E-state index is 13.7. The summed E-state index contributed by atoms with van der Waals surface area (Å²) in [6.07, 6.45) is 13.1. The van der Waals surface area contributed by atoms with Crippen molar-refractivity contribution in [1.29, 1.82) is 0 Å². The first-order valence-corrected chi connectivity index (χ1v) is 11.9. The van der Waals surface area contributed by atoms with E-state index in [2.05, 4.69) is 16.9 Å². The molecule has 0 saturated carbocycles. The van der Waals surface area contributed by atoms with Gasteiger partial charge < -0.3 is 4.74 Å². The summed E-state index contributed by atoms with van der Waals surface area (Å²) in [7, 11) is 0. The van der Waals surface area contributed by atoms with Crippen molar-refractivity contribution in [2.24, 2.45) is 0 Å². The van der Waals surface area contributed by atoms with Gasteiger partial charge >= 0.3 is 0 Å². The van der Waals surface area contributed by atoms with Crippen molar-refractivity contribution in [3.8, 4) is 17.1 Å². The number of unbranched alkanes of at least 4 members (excludes halogenated alkanes) is 7. The van der Waals surface area contributed by atoms with E-state index < -0.39 is 12.3 Å². The second kappa shape index (κ2) is 14.9. The van der Waals surface area contributed by atoms with Crippen LogP contribution in [-0.2, 0) is 6.42 Å². The van der Waals surface area contributed by atoms with Crippen LogP contribution in [0.1, 0.15) is 83.6 Å². The molecule has 0 aliphatic carbocycles. The van der Waals surface area contributed by atoms with Gasteiger partial charge in [0.25, 0.3) is 0 Å². The molecule has 5 heteroatoms. The molecule has 31 heavy (non-hydrogen) atoms. The number of hydrogen-bond acceptors (Lipinski definition) is 3. The largest absolute Gasteiger partial charge is 0.491 e. The zero-order chi connectivity index (χ0) is 22.3. The molecule has 2 atom stereocenters. The van der Waals surface area contributed by atoms with Crippen molar-refractivity contribution in [2.45, 2.75) is 96.8 Å². The number of nitrogens with zero attached hydrogens (tertiary/aromatic N) is 2. The summed E-state index contributed by atoms with van der Waals surface area (Å²) in [5, 5.41) is 0. The van der Waals surface area contributed by atoms with Crippen LogP contribution in [0, 0.1) is 0 Å². The number of alkyl halides is 2. The molecule has 0 spiro atoms. The Balaban J connectivity index is 1.71. The first-order valence-electron chi connectivity index (χ1n) is 11.9. The fourth-order valence-corrected chi connectivity index (χ4v) is 3.50. The number of rotatable bonds is 16. The van der Waals surface area contributed by atoms with Crippen LogP contribution in [0.2, 0.25) is 0 Å². The summed E-state index contributed by atoms with van der Waals surface area (Å²) in [6.45, 7) is 3.82. The Morgan fingerprint density at radius 1 is 0.806 bits per heavy atom. The summed E-state index contributed by atoms with van der Waals surface area (Å²) in [5.74, 6) is 1.22. The van der Waals surface area contributed by atoms with E-state index in [1.165, 1.54) is 56.9 Å². The molecule has 2 unspecified atom stereocenters. The van der Waals surface area contributed by atoms with E-state index in [1.807, 2.05) is 24.5 Å². The zero-order valence-electron chi connectivity index (χ0n) is 19.2. The molecule has 0 aliphatic heterocycles. The van der Waals surface area contributed by atoms with Gasteiger partial charge in [0, 0.05) is 24.4 Å². The molecule has 3 nitrogen and oxygen atoms in total. The van der Waals surface area contributed by atoms with Crippen LogP contribution in [0.15, 0.2) is 36.7 Å². The van der Waals surface area contributed by atoms with Crippen molar-refractivity contribution in [3.63, 3.8) is 0 Å². The van der Waals surface area contributed by atoms with E-state index >= 15 is 0 Å². The van der Waals surface area contributed by atoms with Gasteiger partial charge in [0.1, 0.15) is 24.7 Å². The van der Waals surface area contributed by atoms with Crippen LogP contribution >= 0.6 is 0 Å². The molecule has 0 radical (unpaired) electrons. The normalized spacial score (nSPS) is 13.2. The average molecular weight is 433 g/mol. The highest BCUT2D eigenvalue weighted by atomic mass is 19.1. The van der Waals surface area contributed by atoms with Crippen LogP contribution in [-0.4, -0.2) is 28.9 Å². The van der Waals surface area contributed by atoms with Gasteiger partial charge in [-0.1, -0.05) is 58.8 Å². The minimum absolute atomic E-state index is 0.117. The lowest BCUT2D eigenvalue weighted by molar-refractivity contribution is 0.149. The lowest BCUT2D eigenvalue weighted by Crippen LogP contribution is -2.17. The van der Waals surface area contributed by atoms with Crippen LogP contribution < -0.4 is 4.74 Å². The average Bonchev–Trinajstić information content (AvgIpc) is 2.80. The molecule has 0 amide bonds. The van der Waals surface area contributed by atoms with E-state index in [-0.39, 0.29) is 13.0 Å². The van der Waals surface area contributed by atoms with E-state index in [4.69, 9.17) is 4.74 Å². The van der Waals surface area contributed by atoms with Crippen LogP contribution in [0.4, 0.5) is 8.78 Å². The summed E-state index contributed by atoms with van der Waals surface area (Å²) < 4.78 is 32.4. The fraction of sp³-hybridized carbons (Fsp3) is 0.615. The number of benzene rings is 1. The minimum Gasteiger partial charge on any atom is -0.491 e. The Morgan fingerprint density at radius 3 is 2.03 bits per heavy atom. The number of hydrogen-bond donors (Lipinski definition) is 0. The van der Waals surface area contributed by atoms with Gasteiger partial charge in [-0.3, -0.25) is 0 Å². The van der Waals surface area contributed by atoms with Gasteiger partial charge in [-0.2, -0.15) is 0 Å². The molecule has 0 bridgehead atoms. The Morgan fingerprint density at radius 2 is 1.42 bits per heavy atom. The fourth-order valence-electron chi connectivity index (χ4n) is 3.50. The van der Waals surface area contributed by atoms with Crippen LogP contribution in [0.3, 0.4) is 0 Å². The van der Waals surface area contributed by atoms with Crippen molar-refractivity contribution >= 4 is 0 Å². The molecule has 2 rings (SSSR count). The summed E-state index contributed by atoms with van der Waals surface area (Å²) in [5.41, 5.74) is 2.06. The summed E-state index contributed by atoms with van der Waals surface area (Å²) in [6, 6.07) is 7.26. The van der Waals surface area contributed by atoms with E-state index in [0.29, 0.717) is 18.0 Å². The van der Waals surface area contributed by atoms with Gasteiger partial charge in [0.15, 0.2) is 5.82 Å². The van der Waals surface area contributed by atoms with Gasteiger partial charge in [-0.15, -0.1) is 0 Å². The quantitative estimate of drug-likeness (QED) is 0.255. The molecular weight excluding hydrogens is 394 g/mol. The summed E-state index contributed by atoms with van der Waals surface area (Å²) in [4.78, 5) is 8.98. The molecule has 0 saturated heterocycles. The highest BCUT2D eigenvalue weighted by Gasteiger charge is 2.14. The number of halogens is 2. The minimum atomic E-state index is -1.30. The first kappa shape index (κ1) is 25.2. The number of aryl methyl sites for hydroxylation is 1. The van der Waals surface area contributed by atoms with Gasteiger partial charge in [-0.25, -0.2) is 18.7 Å². The first-order chi connectivity index (χ1) is 15.1. The topological polar surface area (TPSA) is 35.0 Å². The third-order valence-corrected chi connectivity index (χ3v) is 5.52. The second-order valence-corrected chi connectivity index (χ2v) is 8.31. The molecule has 172 valence electrons. The van der Waals surface area contributed by atoms with Crippen molar-refractivity contribution in [3.05, 3.63) is 42.2 Å². The maximum Gasteiger partial charge on any atom is 0.159 e. The smallest absolute Gasteiger partial charge is 0.159 e. The van der Waals surface area contributed by atoms with E-state index in [1.54, 1.807) is 19.1 Å². The molecular formula is C26H38F2N2O. The van der Waals surface area contributed by atoms with Gasteiger partial charge in [-0.05, 0) is 49.1 Å². The number of aromatic nitrogens is 2. The maximum atomic E-state index is 13.7. The predicted molar refractivity (Wildman–Crippen MR) is 124 cm³/mol. The monoisotopic (exact) mass is 432 g/mol. The highest BCUT2D eigenvalue weighted by molar-refractivity contribution is 5.55. The number of ether oxygens (including phenoxy) is 1. The summed E-state index contributed by atoms with van der Waals surface area (Å²) >= 11 is 0. The van der Waals surface area contributed by atoms with E-state index in [0.717, 1.165) is 12.0 Å². The molecule has 0 fully saturated rings. The third-order valence-electron chi connectivity index (χ3n) is 5.52. The van der Waals surface area contributed by atoms with Crippen LogP contribution in [0.5, 0.6) is 5.75 Å². The predicted octanol–water partition coefficient (Wildman–Crippen LogP) is 7.68. The molecule has 2 aromatic rings. The van der Waals surface area contributed by atoms with Crippen molar-refractivity contribution in [1.82, 2.24) is 9.97 Å². The van der Waals surface area contributed by atoms with Crippen molar-refractivity contribution < 1.29 is 13.5 Å². The Hall–Kier alpha value is -2.04. The van der Waals surface area contributed by atoms with Gasteiger partial charge in [0.2, 0.25) is 0 Å². The molecule has 1 aromatic heterocycles. The van der Waals surface area contributed by atoms with Gasteiger partial charge in [0.05, 0.1) is 0 Å². The van der Waals surface area contributed by atoms with Crippen molar-refractivity contribution in [2.75, 3.05) is 6.61 Å². The Bertz CT molecular complexity index is 706. The highest BCUT2D eigenvalue weighted by Crippen LogP contribution is 2.20. The standard InChI is InChI=1S/C26H38F2N2O/c1-3-5-6-7-8-9-10-11-12-21-18-29-26(30-19-21)22-13-15-25(16-14-22)31-20-24(28)17-23(27)4-2/h13-16,18-19,23-24H,3-12,17,20H2,1-2H3. The Labute approximate surface area is 186 Å².